The second kappa shape index (κ2) is 6.18. The van der Waals surface area contributed by atoms with E-state index in [1.54, 1.807) is 31.4 Å². The number of hydrogen-bond acceptors (Lipinski definition) is 3. The van der Waals surface area contributed by atoms with Crippen LogP contribution in [0.2, 0.25) is 0 Å². The molecule has 1 aromatic carbocycles. The van der Waals surface area contributed by atoms with E-state index in [1.165, 1.54) is 8.87 Å². The van der Waals surface area contributed by atoms with Gasteiger partial charge in [-0.2, -0.15) is 4.31 Å². The molecule has 0 radical (unpaired) electrons. The lowest BCUT2D eigenvalue weighted by atomic mass is 10.0. The van der Waals surface area contributed by atoms with Crippen LogP contribution in [0, 0.1) is 0 Å². The smallest absolute Gasteiger partial charge is 0.250 e. The number of aryl methyl sites for hydroxylation is 1. The van der Waals surface area contributed by atoms with Gasteiger partial charge in [0.1, 0.15) is 0 Å². The molecule has 0 amide bonds. The summed E-state index contributed by atoms with van der Waals surface area (Å²) in [5.41, 5.74) is 2.90. The fourth-order valence-corrected chi connectivity index (χ4v) is 4.41. The molecule has 128 valence electrons. The van der Waals surface area contributed by atoms with Crippen LogP contribution in [-0.2, 0) is 30.0 Å². The van der Waals surface area contributed by atoms with Crippen LogP contribution in [0.3, 0.4) is 0 Å². The molecule has 1 aliphatic rings. The average molecular weight is 346 g/mol. The van der Waals surface area contributed by atoms with Gasteiger partial charge in [0.25, 0.3) is 5.56 Å². The Morgan fingerprint density at radius 1 is 1.08 bits per heavy atom. The van der Waals surface area contributed by atoms with Gasteiger partial charge in [-0.3, -0.25) is 4.79 Å². The van der Waals surface area contributed by atoms with Gasteiger partial charge in [0.15, 0.2) is 0 Å². The van der Waals surface area contributed by atoms with E-state index in [0.717, 1.165) is 16.7 Å². The lowest BCUT2D eigenvalue weighted by Crippen LogP contribution is -2.37. The van der Waals surface area contributed by atoms with Crippen molar-refractivity contribution < 1.29 is 8.42 Å². The molecule has 1 aromatic heterocycles. The molecule has 0 N–H and O–H groups in total. The van der Waals surface area contributed by atoms with E-state index in [-0.39, 0.29) is 5.56 Å². The summed E-state index contributed by atoms with van der Waals surface area (Å²) in [6.45, 7) is 4.86. The first-order valence-electron chi connectivity index (χ1n) is 8.07. The topological polar surface area (TPSA) is 59.4 Å². The maximum Gasteiger partial charge on any atom is 0.250 e. The van der Waals surface area contributed by atoms with Gasteiger partial charge in [-0.25, -0.2) is 8.42 Å². The molecule has 0 spiro atoms. The van der Waals surface area contributed by atoms with Crippen LogP contribution in [-0.4, -0.2) is 23.8 Å². The zero-order valence-electron chi connectivity index (χ0n) is 14.2. The maximum atomic E-state index is 12.9. The molecule has 24 heavy (non-hydrogen) atoms. The van der Waals surface area contributed by atoms with Gasteiger partial charge < -0.3 is 4.57 Å². The lowest BCUT2D eigenvalue weighted by Gasteiger charge is -2.28. The van der Waals surface area contributed by atoms with Crippen molar-refractivity contribution in [2.75, 3.05) is 6.54 Å². The molecule has 2 aromatic rings. The number of rotatable bonds is 3. The van der Waals surface area contributed by atoms with Crippen LogP contribution < -0.4 is 5.56 Å². The van der Waals surface area contributed by atoms with Gasteiger partial charge in [0.05, 0.1) is 4.90 Å². The van der Waals surface area contributed by atoms with E-state index < -0.39 is 10.0 Å². The third-order valence-corrected chi connectivity index (χ3v) is 6.43. The van der Waals surface area contributed by atoms with Crippen LogP contribution in [0.25, 0.3) is 0 Å². The van der Waals surface area contributed by atoms with Crippen molar-refractivity contribution >= 4 is 10.0 Å². The number of hydrogen-bond donors (Lipinski definition) is 0. The van der Waals surface area contributed by atoms with Gasteiger partial charge in [-0.15, -0.1) is 0 Å². The minimum Gasteiger partial charge on any atom is -0.318 e. The normalized spacial score (nSPS) is 15.5. The summed E-state index contributed by atoms with van der Waals surface area (Å²) in [4.78, 5) is 12.0. The van der Waals surface area contributed by atoms with Crippen molar-refractivity contribution in [3.05, 3.63) is 63.6 Å². The largest absolute Gasteiger partial charge is 0.318 e. The number of benzene rings is 1. The zero-order chi connectivity index (χ0) is 17.5. The van der Waals surface area contributed by atoms with Crippen LogP contribution in [0.4, 0.5) is 0 Å². The highest BCUT2D eigenvalue weighted by atomic mass is 32.2. The predicted octanol–water partition coefficient (Wildman–Crippen LogP) is 2.26. The Hall–Kier alpha value is -1.92. The van der Waals surface area contributed by atoms with Crippen LogP contribution in [0.5, 0.6) is 0 Å². The Morgan fingerprint density at radius 2 is 1.75 bits per heavy atom. The molecule has 0 saturated carbocycles. The van der Waals surface area contributed by atoms with E-state index in [9.17, 15) is 13.2 Å². The molecule has 0 saturated heterocycles. The first-order valence-corrected chi connectivity index (χ1v) is 9.51. The molecule has 3 rings (SSSR count). The van der Waals surface area contributed by atoms with Crippen LogP contribution in [0.15, 0.2) is 46.2 Å². The quantitative estimate of drug-likeness (QED) is 0.856. The van der Waals surface area contributed by atoms with Crippen molar-refractivity contribution in [2.24, 2.45) is 7.05 Å². The molecule has 2 heterocycles. The fourth-order valence-electron chi connectivity index (χ4n) is 2.99. The van der Waals surface area contributed by atoms with Crippen molar-refractivity contribution in [3.63, 3.8) is 0 Å². The molecule has 0 fully saturated rings. The highest BCUT2D eigenvalue weighted by molar-refractivity contribution is 7.89. The Labute approximate surface area is 142 Å². The van der Waals surface area contributed by atoms with Gasteiger partial charge >= 0.3 is 0 Å². The molecule has 0 atom stereocenters. The van der Waals surface area contributed by atoms with E-state index >= 15 is 0 Å². The molecule has 0 aliphatic carbocycles. The van der Waals surface area contributed by atoms with Crippen LogP contribution in [0.1, 0.15) is 36.5 Å². The van der Waals surface area contributed by atoms with E-state index in [0.29, 0.717) is 30.3 Å². The molecular formula is C18H22N2O3S. The Kier molecular flexibility index (Phi) is 4.36. The summed E-state index contributed by atoms with van der Waals surface area (Å²) in [5.74, 6) is 0.366. The van der Waals surface area contributed by atoms with Gasteiger partial charge in [0.2, 0.25) is 10.0 Å². The summed E-state index contributed by atoms with van der Waals surface area (Å²) in [6, 6.07) is 8.72. The Morgan fingerprint density at radius 3 is 2.38 bits per heavy atom. The van der Waals surface area contributed by atoms with Crippen LogP contribution >= 0.6 is 0 Å². The van der Waals surface area contributed by atoms with Gasteiger partial charge in [-0.1, -0.05) is 26.0 Å². The van der Waals surface area contributed by atoms with E-state index in [4.69, 9.17) is 0 Å². The van der Waals surface area contributed by atoms with Crippen molar-refractivity contribution in [3.8, 4) is 0 Å². The third-order valence-electron chi connectivity index (χ3n) is 4.57. The standard InChI is InChI=1S/C18H22N2O3S/c1-13(2)14-4-6-17(7-5-14)24(22,23)20-9-8-15-10-18(21)19(3)11-16(15)12-20/h4-7,10-11,13H,8-9,12H2,1-3H3. The molecule has 0 unspecified atom stereocenters. The zero-order valence-corrected chi connectivity index (χ0v) is 15.0. The molecular weight excluding hydrogens is 324 g/mol. The highest BCUT2D eigenvalue weighted by Crippen LogP contribution is 2.25. The monoisotopic (exact) mass is 346 g/mol. The summed E-state index contributed by atoms with van der Waals surface area (Å²) in [6.07, 6.45) is 2.30. The first-order chi connectivity index (χ1) is 11.3. The average Bonchev–Trinajstić information content (AvgIpc) is 2.55. The Bertz CT molecular complexity index is 912. The number of fused-ring (bicyclic) bond motifs is 1. The maximum absolute atomic E-state index is 12.9. The molecule has 0 bridgehead atoms. The lowest BCUT2D eigenvalue weighted by molar-refractivity contribution is 0.389. The van der Waals surface area contributed by atoms with Gasteiger partial charge in [0, 0.05) is 32.4 Å². The number of sulfonamides is 1. The summed E-state index contributed by atoms with van der Waals surface area (Å²) >= 11 is 0. The van der Waals surface area contributed by atoms with Gasteiger partial charge in [-0.05, 0) is 41.2 Å². The van der Waals surface area contributed by atoms with Crippen molar-refractivity contribution in [2.45, 2.75) is 37.6 Å². The van der Waals surface area contributed by atoms with Crippen molar-refractivity contribution in [1.29, 1.82) is 0 Å². The summed E-state index contributed by atoms with van der Waals surface area (Å²) < 4.78 is 28.8. The SMILES string of the molecule is CC(C)c1ccc(S(=O)(=O)N2CCc3cc(=O)n(C)cc3C2)cc1. The molecule has 6 heteroatoms. The first kappa shape index (κ1) is 16.9. The second-order valence-electron chi connectivity index (χ2n) is 6.59. The number of aromatic nitrogens is 1. The predicted molar refractivity (Wildman–Crippen MR) is 93.5 cm³/mol. The summed E-state index contributed by atoms with van der Waals surface area (Å²) in [5, 5.41) is 0. The van der Waals surface area contributed by atoms with Crippen molar-refractivity contribution in [1.82, 2.24) is 8.87 Å². The number of pyridine rings is 1. The fraction of sp³-hybridized carbons (Fsp3) is 0.389. The highest BCUT2D eigenvalue weighted by Gasteiger charge is 2.28. The Balaban J connectivity index is 1.90. The van der Waals surface area contributed by atoms with E-state index in [2.05, 4.69) is 13.8 Å². The molecule has 5 nitrogen and oxygen atoms in total. The minimum atomic E-state index is -3.52. The second-order valence-corrected chi connectivity index (χ2v) is 8.52. The third kappa shape index (κ3) is 3.03. The number of nitrogens with zero attached hydrogens (tertiary/aromatic N) is 2. The summed E-state index contributed by atoms with van der Waals surface area (Å²) in [7, 11) is -1.84. The van der Waals surface area contributed by atoms with E-state index in [1.807, 2.05) is 12.1 Å². The molecule has 1 aliphatic heterocycles. The minimum absolute atomic E-state index is 0.0608.